The van der Waals surface area contributed by atoms with Crippen molar-refractivity contribution in [3.8, 4) is 16.9 Å². The van der Waals surface area contributed by atoms with Crippen LogP contribution in [0.2, 0.25) is 5.02 Å². The van der Waals surface area contributed by atoms with Gasteiger partial charge < -0.3 is 4.74 Å². The second-order valence-electron chi connectivity index (χ2n) is 7.71. The van der Waals surface area contributed by atoms with E-state index in [1.807, 2.05) is 54.3 Å². The van der Waals surface area contributed by atoms with Gasteiger partial charge >= 0.3 is 0 Å². The number of hydrogen-bond donors (Lipinski definition) is 0. The molecule has 4 aromatic rings. The van der Waals surface area contributed by atoms with Crippen molar-refractivity contribution in [3.63, 3.8) is 0 Å². The molecule has 1 aliphatic heterocycles. The summed E-state index contributed by atoms with van der Waals surface area (Å²) in [5, 5.41) is 1.42. The number of amides is 1. The molecule has 0 aliphatic carbocycles. The molecule has 0 saturated heterocycles. The van der Waals surface area contributed by atoms with Crippen LogP contribution in [0, 0.1) is 3.82 Å². The predicted octanol–water partition coefficient (Wildman–Crippen LogP) is 8.37. The summed E-state index contributed by atoms with van der Waals surface area (Å²) in [5.74, 6) is 0.668. The average molecular weight is 504 g/mol. The van der Waals surface area contributed by atoms with Gasteiger partial charge in [-0.15, -0.1) is 11.3 Å². The van der Waals surface area contributed by atoms with E-state index in [2.05, 4.69) is 13.8 Å². The molecule has 0 N–H and O–H groups in total. The Hall–Kier alpha value is -1.77. The van der Waals surface area contributed by atoms with Crippen LogP contribution >= 0.6 is 55.8 Å². The quantitative estimate of drug-likeness (QED) is 0.208. The number of halogens is 1. The van der Waals surface area contributed by atoms with Crippen LogP contribution in [0.5, 0.6) is 5.75 Å². The summed E-state index contributed by atoms with van der Waals surface area (Å²) in [6.07, 6.45) is 0. The highest BCUT2D eigenvalue weighted by Gasteiger charge is 2.44. The van der Waals surface area contributed by atoms with Crippen molar-refractivity contribution in [1.82, 2.24) is 0 Å². The minimum atomic E-state index is -0.565. The van der Waals surface area contributed by atoms with Crippen LogP contribution in [0.4, 0.5) is 5.69 Å². The number of hydrogen-bond acceptors (Lipinski definition) is 6. The van der Waals surface area contributed by atoms with Gasteiger partial charge in [0.05, 0.1) is 27.7 Å². The second-order valence-corrected chi connectivity index (χ2v) is 12.0. The van der Waals surface area contributed by atoms with E-state index in [4.69, 9.17) is 28.6 Å². The molecular formula is C23H18ClNO2S4. The van der Waals surface area contributed by atoms with E-state index in [1.54, 1.807) is 20.7 Å². The molecule has 158 valence electrons. The molecule has 3 heterocycles. The summed E-state index contributed by atoms with van der Waals surface area (Å²) >= 11 is 13.8. The molecule has 0 fully saturated rings. The maximum absolute atomic E-state index is 14.0. The van der Waals surface area contributed by atoms with Gasteiger partial charge in [0.2, 0.25) is 0 Å². The number of carbonyl (C=O) groups is 1. The van der Waals surface area contributed by atoms with E-state index in [9.17, 15) is 4.79 Å². The van der Waals surface area contributed by atoms with Gasteiger partial charge in [-0.25, -0.2) is 0 Å². The van der Waals surface area contributed by atoms with Crippen LogP contribution in [-0.2, 0) is 5.54 Å². The topological polar surface area (TPSA) is 29.5 Å². The van der Waals surface area contributed by atoms with Crippen LogP contribution in [0.15, 0.2) is 42.5 Å². The van der Waals surface area contributed by atoms with Crippen molar-refractivity contribution in [3.05, 3.63) is 61.1 Å². The van der Waals surface area contributed by atoms with Gasteiger partial charge in [0.25, 0.3) is 5.91 Å². The third kappa shape index (κ3) is 3.17. The van der Waals surface area contributed by atoms with Crippen LogP contribution < -0.4 is 9.64 Å². The lowest BCUT2D eigenvalue weighted by Gasteiger charge is -2.42. The smallest absolute Gasteiger partial charge is 0.270 e. The number of nitrogens with zero attached hydrogens (tertiary/aromatic N) is 1. The number of ether oxygens (including phenoxy) is 1. The van der Waals surface area contributed by atoms with Gasteiger partial charge in [0, 0.05) is 21.2 Å². The van der Waals surface area contributed by atoms with Gasteiger partial charge in [-0.05, 0) is 45.0 Å². The van der Waals surface area contributed by atoms with E-state index in [0.717, 1.165) is 41.4 Å². The molecule has 5 rings (SSSR count). The lowest BCUT2D eigenvalue weighted by Crippen LogP contribution is -2.47. The van der Waals surface area contributed by atoms with Gasteiger partial charge in [0.15, 0.2) is 0 Å². The van der Waals surface area contributed by atoms with Crippen molar-refractivity contribution >= 4 is 77.5 Å². The molecule has 0 bridgehead atoms. The van der Waals surface area contributed by atoms with E-state index in [-0.39, 0.29) is 5.91 Å². The number of fused-ring (bicyclic) bond motifs is 4. The minimum absolute atomic E-state index is 0.100. The van der Waals surface area contributed by atoms with Crippen LogP contribution in [-0.4, -0.2) is 12.5 Å². The van der Waals surface area contributed by atoms with Crippen molar-refractivity contribution in [2.45, 2.75) is 26.3 Å². The fourth-order valence-corrected chi connectivity index (χ4v) is 8.80. The molecule has 0 atom stereocenters. The Morgan fingerprint density at radius 3 is 2.71 bits per heavy atom. The summed E-state index contributed by atoms with van der Waals surface area (Å²) in [4.78, 5) is 17.5. The zero-order chi connectivity index (χ0) is 21.9. The van der Waals surface area contributed by atoms with Crippen molar-refractivity contribution in [1.29, 1.82) is 0 Å². The first-order valence-electron chi connectivity index (χ1n) is 9.77. The maximum atomic E-state index is 14.0. The number of carbonyl (C=O) groups excluding carboxylic acids is 1. The Morgan fingerprint density at radius 1 is 1.19 bits per heavy atom. The zero-order valence-corrected chi connectivity index (χ0v) is 21.0. The fraction of sp³-hybridized carbons (Fsp3) is 0.217. The van der Waals surface area contributed by atoms with Crippen LogP contribution in [0.3, 0.4) is 0 Å². The van der Waals surface area contributed by atoms with Crippen molar-refractivity contribution < 1.29 is 9.53 Å². The molecule has 1 aliphatic rings. The number of rotatable bonds is 3. The average Bonchev–Trinajstić information content (AvgIpc) is 3.30. The van der Waals surface area contributed by atoms with Crippen molar-refractivity contribution in [2.24, 2.45) is 0 Å². The molecule has 3 nitrogen and oxygen atoms in total. The van der Waals surface area contributed by atoms with Gasteiger partial charge in [-0.3, -0.25) is 9.69 Å². The maximum Gasteiger partial charge on any atom is 0.270 e. The second kappa shape index (κ2) is 7.67. The highest BCUT2D eigenvalue weighted by molar-refractivity contribution is 7.80. The Balaban J connectivity index is 1.74. The lowest BCUT2D eigenvalue weighted by molar-refractivity contribution is 0.0965. The van der Waals surface area contributed by atoms with E-state index in [1.165, 1.54) is 11.3 Å². The number of benzene rings is 2. The molecule has 0 spiro atoms. The fourth-order valence-electron chi connectivity index (χ4n) is 4.08. The summed E-state index contributed by atoms with van der Waals surface area (Å²) in [6, 6.07) is 13.7. The predicted molar refractivity (Wildman–Crippen MR) is 136 cm³/mol. The number of thiophene rings is 1. The Morgan fingerprint density at radius 2 is 1.97 bits per heavy atom. The first-order valence-corrected chi connectivity index (χ1v) is 13.5. The van der Waals surface area contributed by atoms with Crippen molar-refractivity contribution in [2.75, 3.05) is 11.5 Å². The third-order valence-corrected chi connectivity index (χ3v) is 10.5. The SMILES string of the molecule is CCOc1ccc2c(c1)-c1c(ssc1=S)C(C)(C)N2C(=O)c1sc2ccccc2c1Cl. The summed E-state index contributed by atoms with van der Waals surface area (Å²) in [7, 11) is 3.22. The molecule has 2 aromatic carbocycles. The number of anilines is 1. The molecule has 1 amide bonds. The summed E-state index contributed by atoms with van der Waals surface area (Å²) in [5.41, 5.74) is 2.24. The molecule has 31 heavy (non-hydrogen) atoms. The monoisotopic (exact) mass is 503 g/mol. The minimum Gasteiger partial charge on any atom is -0.494 e. The van der Waals surface area contributed by atoms with E-state index in [0.29, 0.717) is 16.5 Å². The van der Waals surface area contributed by atoms with Crippen LogP contribution in [0.1, 0.15) is 35.3 Å². The molecule has 0 unspecified atom stereocenters. The first-order chi connectivity index (χ1) is 14.8. The summed E-state index contributed by atoms with van der Waals surface area (Å²) in [6.45, 7) is 6.67. The molecule has 2 aromatic heterocycles. The molecule has 8 heteroatoms. The highest BCUT2D eigenvalue weighted by atomic mass is 35.5. The first kappa shape index (κ1) is 21.1. The summed E-state index contributed by atoms with van der Waals surface area (Å²) < 4.78 is 7.59. The van der Waals surface area contributed by atoms with E-state index >= 15 is 0 Å². The Bertz CT molecular complexity index is 1400. The lowest BCUT2D eigenvalue weighted by atomic mass is 9.87. The third-order valence-electron chi connectivity index (χ3n) is 5.47. The normalized spacial score (nSPS) is 14.4. The molecule has 0 radical (unpaired) electrons. The Kier molecular flexibility index (Phi) is 5.22. The van der Waals surface area contributed by atoms with Gasteiger partial charge in [-0.1, -0.05) is 62.7 Å². The molecular weight excluding hydrogens is 486 g/mol. The van der Waals surface area contributed by atoms with Gasteiger partial charge in [-0.2, -0.15) is 0 Å². The molecule has 0 saturated carbocycles. The zero-order valence-electron chi connectivity index (χ0n) is 17.0. The largest absolute Gasteiger partial charge is 0.494 e. The van der Waals surface area contributed by atoms with E-state index < -0.39 is 5.54 Å². The standard InChI is InChI=1S/C23H18ClNO2S4/c1-4-27-12-9-10-15-14(11-12)17-20(30-31-22(17)28)23(2,3)25(15)21(26)19-18(24)13-7-5-6-8-16(13)29-19/h5-11H,4H2,1-3H3. The highest BCUT2D eigenvalue weighted by Crippen LogP contribution is 2.53. The van der Waals surface area contributed by atoms with Gasteiger partial charge in [0.1, 0.15) is 14.5 Å². The van der Waals surface area contributed by atoms with Crippen LogP contribution in [0.25, 0.3) is 21.2 Å². The Labute approximate surface area is 201 Å².